The lowest BCUT2D eigenvalue weighted by molar-refractivity contribution is -0.139. The Bertz CT molecular complexity index is 671. The minimum atomic E-state index is -1.12. The summed E-state index contributed by atoms with van der Waals surface area (Å²) < 4.78 is 0. The van der Waals surface area contributed by atoms with Crippen LogP contribution in [0.2, 0.25) is 0 Å². The quantitative estimate of drug-likeness (QED) is 0.891. The Kier molecular flexibility index (Phi) is 4.27. The standard InChI is InChI=1S/C15H15N3O3/c1-9-8-12(10(2)18-17-9)14(19)16-13(15(20)21)11-6-4-3-5-7-11/h3-8,13H,1-2H3,(H,16,19)(H,20,21)/t13-/m1/s1. The number of aromatic nitrogens is 2. The van der Waals surface area contributed by atoms with Crippen molar-refractivity contribution in [2.75, 3.05) is 0 Å². The van der Waals surface area contributed by atoms with Gasteiger partial charge in [0.05, 0.1) is 17.0 Å². The van der Waals surface area contributed by atoms with Gasteiger partial charge in [0, 0.05) is 0 Å². The number of hydrogen-bond acceptors (Lipinski definition) is 4. The molecule has 6 heteroatoms. The first-order valence-electron chi connectivity index (χ1n) is 6.38. The van der Waals surface area contributed by atoms with E-state index in [1.807, 2.05) is 0 Å². The SMILES string of the molecule is Cc1cc(C(=O)N[C@@H](C(=O)O)c2ccccc2)c(C)nn1. The van der Waals surface area contributed by atoms with Gasteiger partial charge >= 0.3 is 5.97 Å². The molecule has 6 nitrogen and oxygen atoms in total. The third-order valence-corrected chi connectivity index (χ3v) is 3.00. The third-order valence-electron chi connectivity index (χ3n) is 3.00. The summed E-state index contributed by atoms with van der Waals surface area (Å²) >= 11 is 0. The highest BCUT2D eigenvalue weighted by Crippen LogP contribution is 2.14. The van der Waals surface area contributed by atoms with Gasteiger partial charge in [0.2, 0.25) is 0 Å². The number of carboxylic acid groups (broad SMARTS) is 1. The molecule has 1 aromatic heterocycles. The molecule has 0 saturated carbocycles. The maximum Gasteiger partial charge on any atom is 0.330 e. The van der Waals surface area contributed by atoms with E-state index in [0.29, 0.717) is 22.5 Å². The molecule has 2 aromatic rings. The second kappa shape index (κ2) is 6.13. The number of aryl methyl sites for hydroxylation is 2. The average Bonchev–Trinajstić information content (AvgIpc) is 2.47. The Hall–Kier alpha value is -2.76. The number of nitrogens with zero attached hydrogens (tertiary/aromatic N) is 2. The Morgan fingerprint density at radius 2 is 1.81 bits per heavy atom. The molecule has 0 radical (unpaired) electrons. The zero-order valence-corrected chi connectivity index (χ0v) is 11.7. The highest BCUT2D eigenvalue weighted by molar-refractivity contribution is 5.97. The number of benzene rings is 1. The summed E-state index contributed by atoms with van der Waals surface area (Å²) in [7, 11) is 0. The topological polar surface area (TPSA) is 92.2 Å². The molecule has 1 amide bonds. The fraction of sp³-hybridized carbons (Fsp3) is 0.200. The van der Waals surface area contributed by atoms with E-state index in [-0.39, 0.29) is 0 Å². The van der Waals surface area contributed by atoms with E-state index < -0.39 is 17.9 Å². The molecule has 1 atom stereocenters. The Morgan fingerprint density at radius 1 is 1.14 bits per heavy atom. The first-order valence-corrected chi connectivity index (χ1v) is 6.38. The van der Waals surface area contributed by atoms with Gasteiger partial charge < -0.3 is 10.4 Å². The second-order valence-corrected chi connectivity index (χ2v) is 4.64. The monoisotopic (exact) mass is 285 g/mol. The van der Waals surface area contributed by atoms with Crippen LogP contribution in [0.25, 0.3) is 0 Å². The van der Waals surface area contributed by atoms with Crippen LogP contribution in [-0.2, 0) is 4.79 Å². The summed E-state index contributed by atoms with van der Waals surface area (Å²) in [6.45, 7) is 3.37. The highest BCUT2D eigenvalue weighted by atomic mass is 16.4. The Balaban J connectivity index is 2.27. The molecule has 0 bridgehead atoms. The van der Waals surface area contributed by atoms with E-state index in [9.17, 15) is 14.7 Å². The molecule has 21 heavy (non-hydrogen) atoms. The van der Waals surface area contributed by atoms with Gasteiger partial charge in [-0.2, -0.15) is 10.2 Å². The van der Waals surface area contributed by atoms with Crippen molar-refractivity contribution in [1.29, 1.82) is 0 Å². The third kappa shape index (κ3) is 3.42. The molecule has 0 unspecified atom stereocenters. The predicted molar refractivity (Wildman–Crippen MR) is 75.8 cm³/mol. The van der Waals surface area contributed by atoms with Crippen LogP contribution in [0.5, 0.6) is 0 Å². The maximum atomic E-state index is 12.3. The minimum Gasteiger partial charge on any atom is -0.479 e. The molecule has 0 saturated heterocycles. The number of carbonyl (C=O) groups excluding carboxylic acids is 1. The van der Waals surface area contributed by atoms with Crippen LogP contribution in [0.4, 0.5) is 0 Å². The van der Waals surface area contributed by atoms with E-state index in [1.54, 1.807) is 50.2 Å². The minimum absolute atomic E-state index is 0.324. The molecule has 2 rings (SSSR count). The summed E-state index contributed by atoms with van der Waals surface area (Å²) in [5.41, 5.74) is 1.88. The van der Waals surface area contributed by atoms with Crippen molar-refractivity contribution < 1.29 is 14.7 Å². The van der Waals surface area contributed by atoms with E-state index >= 15 is 0 Å². The zero-order valence-electron chi connectivity index (χ0n) is 11.7. The Labute approximate surface area is 121 Å². The lowest BCUT2D eigenvalue weighted by Gasteiger charge is -2.15. The van der Waals surface area contributed by atoms with Gasteiger partial charge in [-0.1, -0.05) is 30.3 Å². The number of nitrogens with one attached hydrogen (secondary N) is 1. The fourth-order valence-electron chi connectivity index (χ4n) is 1.92. The summed E-state index contributed by atoms with van der Waals surface area (Å²) in [5, 5.41) is 19.5. The summed E-state index contributed by atoms with van der Waals surface area (Å²) in [5.74, 6) is -1.60. The largest absolute Gasteiger partial charge is 0.479 e. The molecule has 0 aliphatic rings. The average molecular weight is 285 g/mol. The predicted octanol–water partition coefficient (Wildman–Crippen LogP) is 1.65. The van der Waals surface area contributed by atoms with Gasteiger partial charge in [-0.05, 0) is 25.5 Å². The Morgan fingerprint density at radius 3 is 2.43 bits per heavy atom. The smallest absolute Gasteiger partial charge is 0.330 e. The molecule has 0 aliphatic heterocycles. The lowest BCUT2D eigenvalue weighted by Crippen LogP contribution is -2.34. The number of carbonyl (C=O) groups is 2. The molecule has 2 N–H and O–H groups in total. The van der Waals surface area contributed by atoms with E-state index in [4.69, 9.17) is 0 Å². The summed E-state index contributed by atoms with van der Waals surface area (Å²) in [6, 6.07) is 9.02. The van der Waals surface area contributed by atoms with Crippen LogP contribution in [0.1, 0.15) is 33.4 Å². The first kappa shape index (κ1) is 14.6. The summed E-state index contributed by atoms with van der Waals surface area (Å²) in [6.07, 6.45) is 0. The van der Waals surface area contributed by atoms with E-state index in [2.05, 4.69) is 15.5 Å². The molecule has 0 spiro atoms. The van der Waals surface area contributed by atoms with Gasteiger partial charge in [-0.25, -0.2) is 4.79 Å². The van der Waals surface area contributed by atoms with Crippen LogP contribution >= 0.6 is 0 Å². The van der Waals surface area contributed by atoms with Crippen molar-refractivity contribution in [3.63, 3.8) is 0 Å². The van der Waals surface area contributed by atoms with E-state index in [0.717, 1.165) is 0 Å². The van der Waals surface area contributed by atoms with Gasteiger partial charge in [0.25, 0.3) is 5.91 Å². The summed E-state index contributed by atoms with van der Waals surface area (Å²) in [4.78, 5) is 23.6. The van der Waals surface area contributed by atoms with Crippen molar-refractivity contribution in [1.82, 2.24) is 15.5 Å². The number of rotatable bonds is 4. The maximum absolute atomic E-state index is 12.3. The molecule has 1 aromatic carbocycles. The normalized spacial score (nSPS) is 11.7. The van der Waals surface area contributed by atoms with Crippen molar-refractivity contribution in [2.45, 2.75) is 19.9 Å². The number of amides is 1. The van der Waals surface area contributed by atoms with Crippen LogP contribution < -0.4 is 5.32 Å². The molecule has 108 valence electrons. The first-order chi connectivity index (χ1) is 9.99. The number of aliphatic carboxylic acids is 1. The van der Waals surface area contributed by atoms with Crippen molar-refractivity contribution >= 4 is 11.9 Å². The van der Waals surface area contributed by atoms with Gasteiger partial charge in [-0.3, -0.25) is 4.79 Å². The van der Waals surface area contributed by atoms with E-state index in [1.165, 1.54) is 0 Å². The second-order valence-electron chi connectivity index (χ2n) is 4.64. The van der Waals surface area contributed by atoms with Crippen LogP contribution in [0.15, 0.2) is 36.4 Å². The molecular weight excluding hydrogens is 270 g/mol. The van der Waals surface area contributed by atoms with Gasteiger partial charge in [-0.15, -0.1) is 0 Å². The van der Waals surface area contributed by atoms with Crippen LogP contribution in [-0.4, -0.2) is 27.2 Å². The number of carboxylic acids is 1. The van der Waals surface area contributed by atoms with Crippen molar-refractivity contribution in [3.05, 3.63) is 58.9 Å². The van der Waals surface area contributed by atoms with Gasteiger partial charge in [0.15, 0.2) is 6.04 Å². The van der Waals surface area contributed by atoms with Crippen molar-refractivity contribution in [2.24, 2.45) is 0 Å². The van der Waals surface area contributed by atoms with Gasteiger partial charge in [0.1, 0.15) is 0 Å². The van der Waals surface area contributed by atoms with Crippen molar-refractivity contribution in [3.8, 4) is 0 Å². The highest BCUT2D eigenvalue weighted by Gasteiger charge is 2.23. The number of hydrogen-bond donors (Lipinski definition) is 2. The fourth-order valence-corrected chi connectivity index (χ4v) is 1.92. The molecular formula is C15H15N3O3. The molecule has 0 fully saturated rings. The van der Waals surface area contributed by atoms with Crippen LogP contribution in [0, 0.1) is 13.8 Å². The molecule has 1 heterocycles. The lowest BCUT2D eigenvalue weighted by atomic mass is 10.1. The van der Waals surface area contributed by atoms with Crippen LogP contribution in [0.3, 0.4) is 0 Å². The molecule has 0 aliphatic carbocycles. The zero-order chi connectivity index (χ0) is 15.4.